The van der Waals surface area contributed by atoms with Crippen LogP contribution >= 0.6 is 0 Å². The van der Waals surface area contributed by atoms with Crippen molar-refractivity contribution < 1.29 is 0 Å². The maximum atomic E-state index is 8.73. The van der Waals surface area contributed by atoms with E-state index in [1.54, 1.807) is 0 Å². The first-order valence-corrected chi connectivity index (χ1v) is 4.86. The van der Waals surface area contributed by atoms with Gasteiger partial charge >= 0.3 is 0 Å². The third-order valence-corrected chi connectivity index (χ3v) is 2.42. The van der Waals surface area contributed by atoms with E-state index in [0.29, 0.717) is 11.6 Å². The van der Waals surface area contributed by atoms with E-state index in [1.807, 2.05) is 24.3 Å². The van der Waals surface area contributed by atoms with Crippen LogP contribution in [0.5, 0.6) is 0 Å². The third-order valence-electron chi connectivity index (χ3n) is 2.42. The molecule has 1 aliphatic rings. The molecule has 0 aliphatic carbocycles. The van der Waals surface area contributed by atoms with Gasteiger partial charge in [0.25, 0.3) is 0 Å². The van der Waals surface area contributed by atoms with Crippen LogP contribution in [0.4, 0.5) is 5.69 Å². The summed E-state index contributed by atoms with van der Waals surface area (Å²) in [5.74, 6) is 0. The Morgan fingerprint density at radius 3 is 3.14 bits per heavy atom. The third kappa shape index (κ3) is 2.04. The molecule has 0 saturated carbocycles. The highest BCUT2D eigenvalue weighted by molar-refractivity contribution is 5.49. The summed E-state index contributed by atoms with van der Waals surface area (Å²) in [4.78, 5) is 0. The summed E-state index contributed by atoms with van der Waals surface area (Å²) in [6.45, 7) is 2.09. The van der Waals surface area contributed by atoms with Crippen molar-refractivity contribution in [2.24, 2.45) is 0 Å². The number of benzene rings is 1. The minimum atomic E-state index is 0.504. The molecule has 1 heterocycles. The highest BCUT2D eigenvalue weighted by atomic mass is 15.0. The molecule has 2 N–H and O–H groups in total. The van der Waals surface area contributed by atoms with Gasteiger partial charge < -0.3 is 10.6 Å². The fourth-order valence-electron chi connectivity index (χ4n) is 1.69. The van der Waals surface area contributed by atoms with Crippen molar-refractivity contribution in [3.8, 4) is 6.07 Å². The van der Waals surface area contributed by atoms with Crippen molar-refractivity contribution in [2.75, 3.05) is 18.4 Å². The lowest BCUT2D eigenvalue weighted by molar-refractivity contribution is 0.793. The topological polar surface area (TPSA) is 47.9 Å². The summed E-state index contributed by atoms with van der Waals surface area (Å²) in [5.41, 5.74) is 1.75. The number of anilines is 1. The fraction of sp³-hybridized carbons (Fsp3) is 0.364. The molecule has 14 heavy (non-hydrogen) atoms. The number of rotatable bonds is 2. The zero-order valence-corrected chi connectivity index (χ0v) is 7.96. The maximum Gasteiger partial charge on any atom is 0.0992 e. The van der Waals surface area contributed by atoms with Gasteiger partial charge in [-0.3, -0.25) is 0 Å². The van der Waals surface area contributed by atoms with Crippen LogP contribution in [0.2, 0.25) is 0 Å². The zero-order valence-electron chi connectivity index (χ0n) is 7.96. The van der Waals surface area contributed by atoms with Crippen LogP contribution in [0, 0.1) is 11.3 Å². The Labute approximate surface area is 83.7 Å². The molecule has 0 radical (unpaired) electrons. The number of nitrogens with one attached hydrogen (secondary N) is 2. The van der Waals surface area contributed by atoms with Crippen LogP contribution in [-0.4, -0.2) is 19.1 Å². The fourth-order valence-corrected chi connectivity index (χ4v) is 1.69. The lowest BCUT2D eigenvalue weighted by Crippen LogP contribution is -2.21. The molecule has 0 aromatic heterocycles. The molecule has 0 bridgehead atoms. The van der Waals surface area contributed by atoms with Crippen molar-refractivity contribution in [1.82, 2.24) is 5.32 Å². The normalized spacial score (nSPS) is 20.4. The number of nitrogens with zero attached hydrogens (tertiary/aromatic N) is 1. The van der Waals surface area contributed by atoms with Crippen LogP contribution in [0.15, 0.2) is 24.3 Å². The smallest absolute Gasteiger partial charge is 0.0992 e. The molecule has 3 nitrogen and oxygen atoms in total. The molecule has 3 heteroatoms. The summed E-state index contributed by atoms with van der Waals surface area (Å²) in [6, 6.07) is 10.3. The van der Waals surface area contributed by atoms with E-state index in [-0.39, 0.29) is 0 Å². The van der Waals surface area contributed by atoms with Gasteiger partial charge in [0.05, 0.1) is 11.6 Å². The van der Waals surface area contributed by atoms with Crippen molar-refractivity contribution in [3.63, 3.8) is 0 Å². The summed E-state index contributed by atoms with van der Waals surface area (Å²) < 4.78 is 0. The molecule has 2 rings (SSSR count). The van der Waals surface area contributed by atoms with Gasteiger partial charge in [-0.1, -0.05) is 6.07 Å². The monoisotopic (exact) mass is 187 g/mol. The second kappa shape index (κ2) is 4.12. The number of hydrogen-bond donors (Lipinski definition) is 2. The average molecular weight is 187 g/mol. The molecule has 1 fully saturated rings. The molecule has 1 aliphatic heterocycles. The average Bonchev–Trinajstić information content (AvgIpc) is 2.71. The molecule has 1 aromatic carbocycles. The standard InChI is InChI=1S/C11H13N3/c12-7-9-2-1-3-10(6-9)14-11-4-5-13-8-11/h1-3,6,11,13-14H,4-5,8H2/t11-/m1/s1. The van der Waals surface area contributed by atoms with Crippen LogP contribution in [-0.2, 0) is 0 Å². The van der Waals surface area contributed by atoms with Crippen molar-refractivity contribution >= 4 is 5.69 Å². The van der Waals surface area contributed by atoms with Gasteiger partial charge in [-0.2, -0.15) is 5.26 Å². The summed E-state index contributed by atoms with van der Waals surface area (Å²) in [7, 11) is 0. The minimum Gasteiger partial charge on any atom is -0.381 e. The van der Waals surface area contributed by atoms with Crippen molar-refractivity contribution in [1.29, 1.82) is 5.26 Å². The SMILES string of the molecule is N#Cc1cccc(N[C@@H]2CCNC2)c1. The number of hydrogen-bond acceptors (Lipinski definition) is 3. The van der Waals surface area contributed by atoms with Crippen molar-refractivity contribution in [2.45, 2.75) is 12.5 Å². The van der Waals surface area contributed by atoms with Crippen molar-refractivity contribution in [3.05, 3.63) is 29.8 Å². The maximum absolute atomic E-state index is 8.73. The summed E-state index contributed by atoms with van der Waals surface area (Å²) in [5, 5.41) is 15.4. The van der Waals surface area contributed by atoms with E-state index in [4.69, 9.17) is 5.26 Å². The van der Waals surface area contributed by atoms with Crippen LogP contribution < -0.4 is 10.6 Å². The largest absolute Gasteiger partial charge is 0.381 e. The van der Waals surface area contributed by atoms with E-state index in [0.717, 1.165) is 25.2 Å². The molecule has 1 aromatic rings. The predicted octanol–water partition coefficient (Wildman–Crippen LogP) is 1.33. The van der Waals surface area contributed by atoms with E-state index in [2.05, 4.69) is 16.7 Å². The Balaban J connectivity index is 2.05. The lowest BCUT2D eigenvalue weighted by Gasteiger charge is -2.12. The molecule has 0 unspecified atom stereocenters. The zero-order chi connectivity index (χ0) is 9.80. The first kappa shape index (κ1) is 9.04. The second-order valence-electron chi connectivity index (χ2n) is 3.53. The van der Waals surface area contributed by atoms with Crippen LogP contribution in [0.3, 0.4) is 0 Å². The quantitative estimate of drug-likeness (QED) is 0.734. The molecule has 0 amide bonds. The summed E-state index contributed by atoms with van der Waals surface area (Å²) >= 11 is 0. The minimum absolute atomic E-state index is 0.504. The highest BCUT2D eigenvalue weighted by Crippen LogP contribution is 2.13. The van der Waals surface area contributed by atoms with Gasteiger partial charge in [-0.25, -0.2) is 0 Å². The van der Waals surface area contributed by atoms with E-state index in [1.165, 1.54) is 0 Å². The summed E-state index contributed by atoms with van der Waals surface area (Å²) in [6.07, 6.45) is 1.15. The van der Waals surface area contributed by atoms with Gasteiger partial charge in [-0.15, -0.1) is 0 Å². The van der Waals surface area contributed by atoms with Gasteiger partial charge in [0.1, 0.15) is 0 Å². The van der Waals surface area contributed by atoms with E-state index < -0.39 is 0 Å². The van der Waals surface area contributed by atoms with Gasteiger partial charge in [0.15, 0.2) is 0 Å². The lowest BCUT2D eigenvalue weighted by atomic mass is 10.2. The second-order valence-corrected chi connectivity index (χ2v) is 3.53. The molecule has 72 valence electrons. The van der Waals surface area contributed by atoms with E-state index >= 15 is 0 Å². The predicted molar refractivity (Wildman–Crippen MR) is 56.1 cm³/mol. The molecular weight excluding hydrogens is 174 g/mol. The Morgan fingerprint density at radius 2 is 2.43 bits per heavy atom. The molecular formula is C11H13N3. The first-order chi connectivity index (χ1) is 6.88. The first-order valence-electron chi connectivity index (χ1n) is 4.86. The Morgan fingerprint density at radius 1 is 1.50 bits per heavy atom. The Bertz CT molecular complexity index is 348. The van der Waals surface area contributed by atoms with Gasteiger partial charge in [0.2, 0.25) is 0 Å². The van der Waals surface area contributed by atoms with E-state index in [9.17, 15) is 0 Å². The number of nitriles is 1. The van der Waals surface area contributed by atoms with Crippen LogP contribution in [0.1, 0.15) is 12.0 Å². The Hall–Kier alpha value is -1.53. The molecule has 0 spiro atoms. The van der Waals surface area contributed by atoms with Crippen LogP contribution in [0.25, 0.3) is 0 Å². The van der Waals surface area contributed by atoms with Gasteiger partial charge in [0, 0.05) is 18.3 Å². The molecule has 1 saturated heterocycles. The molecule has 1 atom stereocenters. The highest BCUT2D eigenvalue weighted by Gasteiger charge is 2.13. The van der Waals surface area contributed by atoms with Gasteiger partial charge in [-0.05, 0) is 31.2 Å². The Kier molecular flexibility index (Phi) is 2.66.